The van der Waals surface area contributed by atoms with Gasteiger partial charge in [0.15, 0.2) is 16.6 Å². The van der Waals surface area contributed by atoms with Gasteiger partial charge >= 0.3 is 0 Å². The minimum Gasteiger partial charge on any atom is -0.493 e. The Morgan fingerprint density at radius 3 is 2.70 bits per heavy atom. The number of benzene rings is 1. The predicted molar refractivity (Wildman–Crippen MR) is 116 cm³/mol. The number of carbonyl (C=O) groups is 1. The van der Waals surface area contributed by atoms with Crippen LogP contribution < -0.4 is 25.6 Å². The second-order valence-electron chi connectivity index (χ2n) is 5.44. The third-order valence-electron chi connectivity index (χ3n) is 3.52. The summed E-state index contributed by atoms with van der Waals surface area (Å²) in [5.41, 5.74) is 6.41. The number of hydrogen-bond donors (Lipinski definition) is 3. The number of thiocarbonyl (C=S) groups is 1. The number of ether oxygens (including phenoxy) is 2. The molecule has 146 valence electrons. The number of hydrogen-bond acceptors (Lipinski definition) is 6. The Bertz CT molecular complexity index is 739. The van der Waals surface area contributed by atoms with Crippen LogP contribution in [0.1, 0.15) is 10.4 Å². The van der Waals surface area contributed by atoms with Gasteiger partial charge in [-0.15, -0.1) is 23.1 Å². The molecule has 0 atom stereocenters. The van der Waals surface area contributed by atoms with Gasteiger partial charge in [0.2, 0.25) is 5.91 Å². The smallest absolute Gasteiger partial charge is 0.248 e. The first-order chi connectivity index (χ1) is 13.1. The molecule has 0 saturated carbocycles. The molecule has 3 N–H and O–H groups in total. The van der Waals surface area contributed by atoms with E-state index in [0.717, 1.165) is 17.7 Å². The average molecular weight is 426 g/mol. The zero-order valence-corrected chi connectivity index (χ0v) is 17.7. The molecule has 0 fully saturated rings. The highest BCUT2D eigenvalue weighted by Gasteiger charge is 2.06. The summed E-state index contributed by atoms with van der Waals surface area (Å²) >= 11 is 8.42. The highest BCUT2D eigenvalue weighted by molar-refractivity contribution is 7.99. The van der Waals surface area contributed by atoms with Crippen LogP contribution in [0.4, 0.5) is 0 Å². The molecule has 0 saturated heterocycles. The van der Waals surface area contributed by atoms with Gasteiger partial charge in [-0.05, 0) is 47.8 Å². The van der Waals surface area contributed by atoms with Crippen LogP contribution in [0.2, 0.25) is 0 Å². The van der Waals surface area contributed by atoms with Crippen LogP contribution in [0, 0.1) is 0 Å². The molecule has 27 heavy (non-hydrogen) atoms. The molecule has 1 aromatic carbocycles. The standard InChI is InChI=1S/C18H23N3O3S3/c1-23-15-6-5-13(10-16(15)24-2)7-8-19-18(25)21-20-17(22)12-26-11-14-4-3-9-27-14/h3-6,9-10H,7-8,11-12H2,1-2H3,(H,20,22)(H2,19,21,25). The molecule has 0 aliphatic heterocycles. The van der Waals surface area contributed by atoms with E-state index in [1.54, 1.807) is 37.3 Å². The Morgan fingerprint density at radius 1 is 1.19 bits per heavy atom. The molecule has 6 nitrogen and oxygen atoms in total. The van der Waals surface area contributed by atoms with Crippen molar-refractivity contribution in [2.75, 3.05) is 26.5 Å². The first-order valence-corrected chi connectivity index (χ1v) is 10.7. The van der Waals surface area contributed by atoms with E-state index in [1.165, 1.54) is 4.88 Å². The van der Waals surface area contributed by atoms with Crippen molar-refractivity contribution in [3.63, 3.8) is 0 Å². The van der Waals surface area contributed by atoms with Crippen molar-refractivity contribution in [1.29, 1.82) is 0 Å². The van der Waals surface area contributed by atoms with Gasteiger partial charge in [-0.25, -0.2) is 0 Å². The molecule has 0 spiro atoms. The number of thioether (sulfide) groups is 1. The predicted octanol–water partition coefficient (Wildman–Crippen LogP) is 2.74. The molecule has 1 aromatic heterocycles. The normalized spacial score (nSPS) is 10.1. The van der Waals surface area contributed by atoms with Crippen molar-refractivity contribution < 1.29 is 14.3 Å². The molecule has 9 heteroatoms. The maximum absolute atomic E-state index is 11.8. The van der Waals surface area contributed by atoms with E-state index < -0.39 is 0 Å². The number of rotatable bonds is 9. The molecule has 1 amide bonds. The Morgan fingerprint density at radius 2 is 2.00 bits per heavy atom. The molecule has 0 aliphatic carbocycles. The lowest BCUT2D eigenvalue weighted by molar-refractivity contribution is -0.119. The van der Waals surface area contributed by atoms with Crippen LogP contribution in [-0.4, -0.2) is 37.5 Å². The van der Waals surface area contributed by atoms with Gasteiger partial charge < -0.3 is 14.8 Å². The van der Waals surface area contributed by atoms with Gasteiger partial charge in [0, 0.05) is 17.2 Å². The van der Waals surface area contributed by atoms with Crippen molar-refractivity contribution in [1.82, 2.24) is 16.2 Å². The minimum atomic E-state index is -0.111. The molecule has 0 unspecified atom stereocenters. The second kappa shape index (κ2) is 11.7. The van der Waals surface area contributed by atoms with Crippen LogP contribution >= 0.6 is 35.3 Å². The number of nitrogens with one attached hydrogen (secondary N) is 3. The second-order valence-corrected chi connectivity index (χ2v) is 7.87. The summed E-state index contributed by atoms with van der Waals surface area (Å²) in [5, 5.41) is 5.47. The lowest BCUT2D eigenvalue weighted by Gasteiger charge is -2.12. The first kappa shape index (κ1) is 21.3. The van der Waals surface area contributed by atoms with E-state index in [9.17, 15) is 4.79 Å². The maximum atomic E-state index is 11.8. The van der Waals surface area contributed by atoms with Gasteiger partial charge in [-0.3, -0.25) is 15.6 Å². The quantitative estimate of drug-likeness (QED) is 0.421. The molecule has 2 aromatic rings. The molecular weight excluding hydrogens is 402 g/mol. The van der Waals surface area contributed by atoms with Crippen molar-refractivity contribution in [2.24, 2.45) is 0 Å². The van der Waals surface area contributed by atoms with Crippen LogP contribution in [0.5, 0.6) is 11.5 Å². The fourth-order valence-electron chi connectivity index (χ4n) is 2.20. The monoisotopic (exact) mass is 425 g/mol. The minimum absolute atomic E-state index is 0.111. The number of methoxy groups -OCH3 is 2. The number of thiophene rings is 1. The summed E-state index contributed by atoms with van der Waals surface area (Å²) in [6, 6.07) is 9.86. The van der Waals surface area contributed by atoms with Crippen molar-refractivity contribution >= 4 is 46.3 Å². The fraction of sp³-hybridized carbons (Fsp3) is 0.333. The Balaban J connectivity index is 1.61. The van der Waals surface area contributed by atoms with E-state index in [4.69, 9.17) is 21.7 Å². The topological polar surface area (TPSA) is 71.6 Å². The van der Waals surface area contributed by atoms with Gasteiger partial charge in [0.05, 0.1) is 20.0 Å². The van der Waals surface area contributed by atoms with Crippen molar-refractivity contribution in [3.05, 3.63) is 46.2 Å². The number of hydrazine groups is 1. The first-order valence-electron chi connectivity index (χ1n) is 8.26. The molecular formula is C18H23N3O3S3. The summed E-state index contributed by atoms with van der Waals surface area (Å²) in [6.45, 7) is 0.629. The summed E-state index contributed by atoms with van der Waals surface area (Å²) in [7, 11) is 3.22. The average Bonchev–Trinajstić information content (AvgIpc) is 3.19. The zero-order chi connectivity index (χ0) is 19.5. The van der Waals surface area contributed by atoms with E-state index in [2.05, 4.69) is 22.2 Å². The number of carbonyl (C=O) groups excluding carboxylic acids is 1. The number of amides is 1. The Kier molecular flexibility index (Phi) is 9.23. The van der Waals surface area contributed by atoms with E-state index >= 15 is 0 Å². The SMILES string of the molecule is COc1ccc(CCNC(=S)NNC(=O)CSCc2cccs2)cc1OC. The highest BCUT2D eigenvalue weighted by atomic mass is 32.2. The summed E-state index contributed by atoms with van der Waals surface area (Å²) in [6.07, 6.45) is 0.757. The lowest BCUT2D eigenvalue weighted by atomic mass is 10.1. The Hall–Kier alpha value is -1.97. The highest BCUT2D eigenvalue weighted by Crippen LogP contribution is 2.27. The van der Waals surface area contributed by atoms with Crippen molar-refractivity contribution in [3.8, 4) is 11.5 Å². The van der Waals surface area contributed by atoms with Gasteiger partial charge in [-0.2, -0.15) is 0 Å². The summed E-state index contributed by atoms with van der Waals surface area (Å²) < 4.78 is 10.5. The van der Waals surface area contributed by atoms with Crippen LogP contribution in [0.15, 0.2) is 35.7 Å². The van der Waals surface area contributed by atoms with E-state index in [-0.39, 0.29) is 5.91 Å². The largest absolute Gasteiger partial charge is 0.493 e. The van der Waals surface area contributed by atoms with Crippen molar-refractivity contribution in [2.45, 2.75) is 12.2 Å². The van der Waals surface area contributed by atoms with Gasteiger partial charge in [0.1, 0.15) is 0 Å². The maximum Gasteiger partial charge on any atom is 0.248 e. The van der Waals surface area contributed by atoms with Crippen LogP contribution in [0.3, 0.4) is 0 Å². The fourth-order valence-corrected chi connectivity index (χ4v) is 4.02. The van der Waals surface area contributed by atoms with Gasteiger partial charge in [-0.1, -0.05) is 12.1 Å². The molecule has 0 aliphatic rings. The van der Waals surface area contributed by atoms with Crippen LogP contribution in [0.25, 0.3) is 0 Å². The summed E-state index contributed by atoms with van der Waals surface area (Å²) in [4.78, 5) is 13.1. The zero-order valence-electron chi connectivity index (χ0n) is 15.2. The van der Waals surface area contributed by atoms with Gasteiger partial charge in [0.25, 0.3) is 0 Å². The van der Waals surface area contributed by atoms with E-state index in [0.29, 0.717) is 28.9 Å². The van der Waals surface area contributed by atoms with E-state index in [1.807, 2.05) is 29.6 Å². The summed E-state index contributed by atoms with van der Waals surface area (Å²) in [5.74, 6) is 2.49. The van der Waals surface area contributed by atoms with Crippen LogP contribution in [-0.2, 0) is 17.0 Å². The Labute approximate surface area is 173 Å². The molecule has 0 radical (unpaired) electrons. The third-order valence-corrected chi connectivity index (χ3v) is 5.81. The molecule has 1 heterocycles. The molecule has 2 rings (SSSR count). The third kappa shape index (κ3) is 7.66. The molecule has 0 bridgehead atoms. The lowest BCUT2D eigenvalue weighted by Crippen LogP contribution is -2.47.